The van der Waals surface area contributed by atoms with Gasteiger partial charge in [0, 0.05) is 51.0 Å². The summed E-state index contributed by atoms with van der Waals surface area (Å²) in [6.45, 7) is 0. The Balaban J connectivity index is 1.04. The molecule has 0 aliphatic heterocycles. The highest BCUT2D eigenvalue weighted by molar-refractivity contribution is 6.10. The first-order valence-corrected chi connectivity index (χ1v) is 21.9. The van der Waals surface area contributed by atoms with Crippen molar-refractivity contribution < 1.29 is 0 Å². The van der Waals surface area contributed by atoms with E-state index in [4.69, 9.17) is 4.98 Å². The van der Waals surface area contributed by atoms with Crippen LogP contribution < -0.4 is 9.80 Å². The highest BCUT2D eigenvalue weighted by atomic mass is 15.2. The van der Waals surface area contributed by atoms with Gasteiger partial charge in [0.15, 0.2) is 0 Å². The molecule has 64 heavy (non-hydrogen) atoms. The van der Waals surface area contributed by atoms with Crippen LogP contribution in [0.15, 0.2) is 255 Å². The molecule has 11 aromatic rings. The summed E-state index contributed by atoms with van der Waals surface area (Å²) in [5, 5.41) is 2.47. The molecular weight excluding hydrogens is 777 g/mol. The molecule has 2 aromatic heterocycles. The van der Waals surface area contributed by atoms with E-state index in [1.165, 1.54) is 49.6 Å². The van der Waals surface area contributed by atoms with Crippen LogP contribution in [-0.4, -0.2) is 9.55 Å². The molecule has 9 aromatic carbocycles. The Morgan fingerprint density at radius 2 is 0.938 bits per heavy atom. The first-order valence-electron chi connectivity index (χ1n) is 21.9. The fraction of sp³-hybridized carbons (Fsp3) is 0.0167. The summed E-state index contributed by atoms with van der Waals surface area (Å²) < 4.78 is 2.37. The van der Waals surface area contributed by atoms with Gasteiger partial charge in [0.2, 0.25) is 0 Å². The number of aromatic nitrogens is 2. The van der Waals surface area contributed by atoms with Crippen LogP contribution in [0.5, 0.6) is 0 Å². The van der Waals surface area contributed by atoms with Gasteiger partial charge in [-0.15, -0.1) is 0 Å². The maximum absolute atomic E-state index is 5.28. The second-order valence-electron chi connectivity index (χ2n) is 16.4. The number of hydrogen-bond acceptors (Lipinski definition) is 3. The van der Waals surface area contributed by atoms with Crippen molar-refractivity contribution in [3.05, 3.63) is 272 Å². The average molecular weight is 819 g/mol. The van der Waals surface area contributed by atoms with Gasteiger partial charge in [0.05, 0.1) is 11.0 Å². The number of rotatable bonds is 9. The lowest BCUT2D eigenvalue weighted by Crippen LogP contribution is -2.44. The second-order valence-corrected chi connectivity index (χ2v) is 16.4. The predicted octanol–water partition coefficient (Wildman–Crippen LogP) is 15.4. The quantitative estimate of drug-likeness (QED) is 0.145. The summed E-state index contributed by atoms with van der Waals surface area (Å²) in [6.07, 6.45) is 2.02. The third-order valence-electron chi connectivity index (χ3n) is 12.8. The van der Waals surface area contributed by atoms with Crippen LogP contribution in [0.1, 0.15) is 16.7 Å². The van der Waals surface area contributed by atoms with Crippen molar-refractivity contribution in [3.63, 3.8) is 0 Å². The first kappa shape index (κ1) is 37.3. The molecule has 0 bridgehead atoms. The highest BCUT2D eigenvalue weighted by Gasteiger charge is 2.50. The Bertz CT molecular complexity index is 3380. The van der Waals surface area contributed by atoms with Crippen molar-refractivity contribution in [1.29, 1.82) is 0 Å². The van der Waals surface area contributed by atoms with E-state index in [2.05, 4.69) is 263 Å². The van der Waals surface area contributed by atoms with E-state index in [0.717, 1.165) is 45.4 Å². The SMILES string of the molecule is c1ccc(N(c2ccc3c(c2)C(c2ccccc2)(N(c2ccccc2)c2ccccc2)c2ccccc2-3)c2ccc(-c3ccc4c5ccccc5n(-c5ccccc5)c4c3)cn2)cc1. The Kier molecular flexibility index (Phi) is 9.01. The van der Waals surface area contributed by atoms with E-state index < -0.39 is 5.54 Å². The van der Waals surface area contributed by atoms with Gasteiger partial charge in [0.1, 0.15) is 11.4 Å². The fourth-order valence-corrected chi connectivity index (χ4v) is 10.1. The molecule has 1 aliphatic rings. The monoisotopic (exact) mass is 818 g/mol. The molecule has 0 fully saturated rings. The van der Waals surface area contributed by atoms with Gasteiger partial charge in [-0.05, 0) is 118 Å². The fourth-order valence-electron chi connectivity index (χ4n) is 10.1. The topological polar surface area (TPSA) is 24.3 Å². The minimum absolute atomic E-state index is 0.730. The number of fused-ring (bicyclic) bond motifs is 6. The zero-order valence-corrected chi connectivity index (χ0v) is 35.0. The van der Waals surface area contributed by atoms with Gasteiger partial charge in [-0.25, -0.2) is 4.98 Å². The highest BCUT2D eigenvalue weighted by Crippen LogP contribution is 2.58. The summed E-state index contributed by atoms with van der Waals surface area (Å²) >= 11 is 0. The number of para-hydroxylation sites is 5. The van der Waals surface area contributed by atoms with E-state index in [9.17, 15) is 0 Å². The van der Waals surface area contributed by atoms with Gasteiger partial charge >= 0.3 is 0 Å². The molecule has 302 valence electrons. The lowest BCUT2D eigenvalue weighted by Gasteiger charge is -2.45. The number of benzene rings is 9. The Hall–Kier alpha value is -8.47. The second kappa shape index (κ2) is 15.5. The Morgan fingerprint density at radius 3 is 1.62 bits per heavy atom. The maximum Gasteiger partial charge on any atom is 0.137 e. The van der Waals surface area contributed by atoms with Crippen molar-refractivity contribution in [2.75, 3.05) is 9.80 Å². The van der Waals surface area contributed by atoms with Gasteiger partial charge in [-0.2, -0.15) is 0 Å². The molecule has 0 spiro atoms. The van der Waals surface area contributed by atoms with E-state index in [1.54, 1.807) is 0 Å². The molecular formula is C60H42N4. The lowest BCUT2D eigenvalue weighted by atomic mass is 9.78. The molecule has 1 unspecified atom stereocenters. The molecule has 0 saturated heterocycles. The van der Waals surface area contributed by atoms with E-state index in [-0.39, 0.29) is 0 Å². The maximum atomic E-state index is 5.28. The third kappa shape index (κ3) is 5.95. The van der Waals surface area contributed by atoms with Gasteiger partial charge in [-0.3, -0.25) is 4.90 Å². The summed E-state index contributed by atoms with van der Waals surface area (Å²) in [6, 6.07) is 89.6. The normalized spacial score (nSPS) is 14.0. The first-order chi connectivity index (χ1) is 31.8. The zero-order valence-electron chi connectivity index (χ0n) is 35.0. The van der Waals surface area contributed by atoms with Gasteiger partial charge < -0.3 is 9.47 Å². The number of pyridine rings is 1. The van der Waals surface area contributed by atoms with Crippen LogP contribution in [0, 0.1) is 0 Å². The summed E-state index contributed by atoms with van der Waals surface area (Å²) in [4.78, 5) is 10.1. The number of nitrogens with zero attached hydrogens (tertiary/aromatic N) is 4. The van der Waals surface area contributed by atoms with Gasteiger partial charge in [0.25, 0.3) is 0 Å². The third-order valence-corrected chi connectivity index (χ3v) is 12.8. The van der Waals surface area contributed by atoms with Crippen molar-refractivity contribution in [2.24, 2.45) is 0 Å². The number of anilines is 5. The molecule has 1 atom stereocenters. The molecule has 12 rings (SSSR count). The van der Waals surface area contributed by atoms with E-state index in [1.807, 2.05) is 6.20 Å². The van der Waals surface area contributed by atoms with Crippen LogP contribution in [0.3, 0.4) is 0 Å². The molecule has 4 nitrogen and oxygen atoms in total. The van der Waals surface area contributed by atoms with Crippen LogP contribution in [-0.2, 0) is 5.54 Å². The number of hydrogen-bond donors (Lipinski definition) is 0. The van der Waals surface area contributed by atoms with Crippen LogP contribution in [0.4, 0.5) is 28.6 Å². The van der Waals surface area contributed by atoms with Gasteiger partial charge in [-0.1, -0.05) is 164 Å². The summed E-state index contributed by atoms with van der Waals surface area (Å²) in [5.41, 5.74) is 15.2. The van der Waals surface area contributed by atoms with Crippen LogP contribution in [0.2, 0.25) is 0 Å². The predicted molar refractivity (Wildman–Crippen MR) is 265 cm³/mol. The Morgan fingerprint density at radius 1 is 0.375 bits per heavy atom. The smallest absolute Gasteiger partial charge is 0.137 e. The molecule has 4 heteroatoms. The lowest BCUT2D eigenvalue weighted by molar-refractivity contribution is 0.644. The largest absolute Gasteiger partial charge is 0.323 e. The molecule has 2 heterocycles. The summed E-state index contributed by atoms with van der Waals surface area (Å²) in [7, 11) is 0. The minimum atomic E-state index is -0.730. The van der Waals surface area contributed by atoms with Crippen LogP contribution >= 0.6 is 0 Å². The molecule has 0 radical (unpaired) electrons. The van der Waals surface area contributed by atoms with Crippen molar-refractivity contribution in [1.82, 2.24) is 9.55 Å². The molecule has 0 saturated carbocycles. The summed E-state index contributed by atoms with van der Waals surface area (Å²) in [5.74, 6) is 0.832. The van der Waals surface area contributed by atoms with Crippen molar-refractivity contribution >= 4 is 50.4 Å². The zero-order chi connectivity index (χ0) is 42.5. The average Bonchev–Trinajstić information content (AvgIpc) is 3.86. The van der Waals surface area contributed by atoms with E-state index in [0.29, 0.717) is 0 Å². The molecule has 0 N–H and O–H groups in total. The standard InChI is InChI=1S/C60H42N4/c1-6-20-45(21-7-1)60(64(48-26-12-4-13-27-48)49-28-14-5-15-29-49)55-32-18-16-30-51(55)52-38-36-50(41-56(52)60)62(46-22-8-2-9-23-46)59-39-35-44(42-61-59)43-34-37-54-53-31-17-19-33-57(53)63(58(54)40-43)47-24-10-3-11-25-47/h1-42H. The molecule has 0 amide bonds. The minimum Gasteiger partial charge on any atom is -0.323 e. The Labute approximate surface area is 373 Å². The van der Waals surface area contributed by atoms with Crippen molar-refractivity contribution in [3.8, 4) is 27.9 Å². The van der Waals surface area contributed by atoms with E-state index >= 15 is 0 Å². The van der Waals surface area contributed by atoms with Crippen molar-refractivity contribution in [2.45, 2.75) is 5.54 Å². The van der Waals surface area contributed by atoms with Crippen LogP contribution in [0.25, 0.3) is 49.7 Å². The molecule has 1 aliphatic carbocycles.